The Morgan fingerprint density at radius 3 is 2.40 bits per heavy atom. The molecule has 2 aromatic carbocycles. The van der Waals surface area contributed by atoms with Gasteiger partial charge in [0.15, 0.2) is 0 Å². The van der Waals surface area contributed by atoms with Crippen molar-refractivity contribution in [3.05, 3.63) is 64.7 Å². The number of ether oxygens (including phenoxy) is 1. The van der Waals surface area contributed by atoms with Gasteiger partial charge in [-0.1, -0.05) is 57.0 Å². The maximum atomic E-state index is 14.2. The van der Waals surface area contributed by atoms with E-state index in [2.05, 4.69) is 47.6 Å². The molecule has 3 aliphatic rings. The molecule has 2 saturated heterocycles. The van der Waals surface area contributed by atoms with Gasteiger partial charge in [-0.2, -0.15) is 0 Å². The number of carbonyl (C=O) groups is 3. The molecule has 1 atom stereocenters. The van der Waals surface area contributed by atoms with Crippen LogP contribution in [0.5, 0.6) is 0 Å². The van der Waals surface area contributed by atoms with Crippen molar-refractivity contribution in [2.75, 3.05) is 59.0 Å². The highest BCUT2D eigenvalue weighted by atomic mass is 16.5. The quantitative estimate of drug-likeness (QED) is 0.384. The van der Waals surface area contributed by atoms with Crippen LogP contribution in [0.4, 0.5) is 0 Å². The standard InChI is InChI=1S/C36H45N5O4/c1-3-5-8-25(4-2)33-30-12-11-27(35(37)43)22-31(30)41-23-28(21-26-9-6-7-10-29(26)34(33)41)36(44)40-15-13-38(14-16-40)24-32(42)39-17-19-45-20-18-39/h6-7,9-12,21-22,25H,3-5,8,13-20,23-24H2,1-2H3,(H2,37,43). The molecule has 9 heteroatoms. The first-order valence-electron chi connectivity index (χ1n) is 16.5. The van der Waals surface area contributed by atoms with Crippen LogP contribution in [0.15, 0.2) is 48.0 Å². The maximum Gasteiger partial charge on any atom is 0.251 e. The number of nitrogens with two attached hydrogens (primary N) is 1. The van der Waals surface area contributed by atoms with Gasteiger partial charge in [0.1, 0.15) is 0 Å². The van der Waals surface area contributed by atoms with E-state index < -0.39 is 5.91 Å². The summed E-state index contributed by atoms with van der Waals surface area (Å²) in [6.45, 7) is 10.2. The minimum atomic E-state index is -0.460. The monoisotopic (exact) mass is 611 g/mol. The van der Waals surface area contributed by atoms with Crippen LogP contribution in [-0.4, -0.2) is 96.0 Å². The maximum absolute atomic E-state index is 14.2. The second-order valence-electron chi connectivity index (χ2n) is 12.5. The van der Waals surface area contributed by atoms with E-state index in [1.165, 1.54) is 5.56 Å². The second-order valence-corrected chi connectivity index (χ2v) is 12.5. The van der Waals surface area contributed by atoms with Gasteiger partial charge in [0.2, 0.25) is 11.8 Å². The third kappa shape index (κ3) is 6.29. The number of nitrogens with zero attached hydrogens (tertiary/aromatic N) is 4. The van der Waals surface area contributed by atoms with Crippen molar-refractivity contribution in [3.63, 3.8) is 0 Å². The second kappa shape index (κ2) is 13.6. The van der Waals surface area contributed by atoms with E-state index in [1.54, 1.807) is 0 Å². The van der Waals surface area contributed by atoms with Gasteiger partial charge in [0.25, 0.3) is 5.91 Å². The molecule has 0 saturated carbocycles. The zero-order valence-corrected chi connectivity index (χ0v) is 26.6. The lowest BCUT2D eigenvalue weighted by atomic mass is 9.86. The summed E-state index contributed by atoms with van der Waals surface area (Å²) in [6.07, 6.45) is 6.40. The molecule has 4 heterocycles. The van der Waals surface area contributed by atoms with Gasteiger partial charge < -0.3 is 24.8 Å². The lowest BCUT2D eigenvalue weighted by molar-refractivity contribution is -0.137. The fourth-order valence-corrected chi connectivity index (χ4v) is 7.19. The summed E-state index contributed by atoms with van der Waals surface area (Å²) < 4.78 is 7.63. The van der Waals surface area contributed by atoms with Crippen molar-refractivity contribution in [2.24, 2.45) is 5.73 Å². The Morgan fingerprint density at radius 1 is 0.933 bits per heavy atom. The number of morpholine rings is 1. The summed E-state index contributed by atoms with van der Waals surface area (Å²) >= 11 is 0. The largest absolute Gasteiger partial charge is 0.378 e. The lowest BCUT2D eigenvalue weighted by Gasteiger charge is -2.36. The van der Waals surface area contributed by atoms with Gasteiger partial charge in [-0.05, 0) is 48.1 Å². The van der Waals surface area contributed by atoms with Gasteiger partial charge >= 0.3 is 0 Å². The Balaban J connectivity index is 1.32. The van der Waals surface area contributed by atoms with Crippen LogP contribution in [0.3, 0.4) is 0 Å². The molecule has 0 aliphatic carbocycles. The first-order valence-corrected chi connectivity index (χ1v) is 16.5. The van der Waals surface area contributed by atoms with Crippen LogP contribution in [0.1, 0.15) is 66.9 Å². The highest BCUT2D eigenvalue weighted by molar-refractivity contribution is 6.04. The number of piperazine rings is 1. The molecule has 6 rings (SSSR count). The number of hydrogen-bond acceptors (Lipinski definition) is 5. The molecule has 3 amide bonds. The number of hydrogen-bond donors (Lipinski definition) is 1. The third-order valence-corrected chi connectivity index (χ3v) is 9.73. The van der Waals surface area contributed by atoms with E-state index >= 15 is 0 Å². The van der Waals surface area contributed by atoms with E-state index in [0.29, 0.717) is 82.6 Å². The van der Waals surface area contributed by atoms with Gasteiger partial charge in [-0.3, -0.25) is 19.3 Å². The molecule has 0 radical (unpaired) electrons. The summed E-state index contributed by atoms with van der Waals surface area (Å²) in [5.74, 6) is 0.0347. The highest BCUT2D eigenvalue weighted by Gasteiger charge is 2.31. The molecule has 1 aromatic heterocycles. The number of unbranched alkanes of at least 4 members (excludes halogenated alkanes) is 1. The van der Waals surface area contributed by atoms with Crippen LogP contribution in [0, 0.1) is 0 Å². The topological polar surface area (TPSA) is 101 Å². The number of aromatic nitrogens is 1. The number of rotatable bonds is 9. The van der Waals surface area contributed by atoms with Gasteiger partial charge in [-0.25, -0.2) is 0 Å². The van der Waals surface area contributed by atoms with Crippen LogP contribution in [0.2, 0.25) is 0 Å². The normalized spacial score (nSPS) is 17.8. The van der Waals surface area contributed by atoms with E-state index in [0.717, 1.165) is 53.4 Å². The molecule has 2 fully saturated rings. The van der Waals surface area contributed by atoms with Gasteiger partial charge in [0, 0.05) is 66.9 Å². The average molecular weight is 612 g/mol. The number of primary amides is 1. The number of carbonyl (C=O) groups excluding carboxylic acids is 3. The summed E-state index contributed by atoms with van der Waals surface area (Å²) in [5.41, 5.74) is 12.4. The lowest BCUT2D eigenvalue weighted by Crippen LogP contribution is -2.53. The first kappa shape index (κ1) is 31.0. The third-order valence-electron chi connectivity index (χ3n) is 9.73. The molecule has 3 aliphatic heterocycles. The molecule has 1 unspecified atom stereocenters. The minimum Gasteiger partial charge on any atom is -0.378 e. The number of fused-ring (bicyclic) bond motifs is 5. The number of amides is 3. The Bertz CT molecular complexity index is 1610. The Labute approximate surface area is 265 Å². The summed E-state index contributed by atoms with van der Waals surface area (Å²) in [6, 6.07) is 14.1. The van der Waals surface area contributed by atoms with E-state index in [9.17, 15) is 14.4 Å². The number of benzene rings is 2. The molecule has 0 spiro atoms. The summed E-state index contributed by atoms with van der Waals surface area (Å²) in [4.78, 5) is 45.3. The van der Waals surface area contributed by atoms with Crippen LogP contribution in [0.25, 0.3) is 28.2 Å². The first-order chi connectivity index (χ1) is 21.9. The van der Waals surface area contributed by atoms with Crippen molar-refractivity contribution in [1.29, 1.82) is 0 Å². The van der Waals surface area contributed by atoms with Gasteiger partial charge in [0.05, 0.1) is 32.0 Å². The van der Waals surface area contributed by atoms with Crippen LogP contribution >= 0.6 is 0 Å². The van der Waals surface area contributed by atoms with Crippen molar-refractivity contribution in [1.82, 2.24) is 19.3 Å². The van der Waals surface area contributed by atoms with E-state index in [-0.39, 0.29) is 11.8 Å². The average Bonchev–Trinajstić information content (AvgIpc) is 3.27. The van der Waals surface area contributed by atoms with Gasteiger partial charge in [-0.15, -0.1) is 0 Å². The zero-order chi connectivity index (χ0) is 31.5. The smallest absolute Gasteiger partial charge is 0.251 e. The SMILES string of the molecule is CCCCC(CC)c1c2n(c3cc(C(N)=O)ccc13)CC(C(=O)N1CCN(CC(=O)N3CCOCC3)CC1)=Cc1ccccc1-2. The van der Waals surface area contributed by atoms with Crippen molar-refractivity contribution in [2.45, 2.75) is 52.0 Å². The zero-order valence-electron chi connectivity index (χ0n) is 26.6. The Morgan fingerprint density at radius 2 is 1.69 bits per heavy atom. The van der Waals surface area contributed by atoms with Crippen molar-refractivity contribution >= 4 is 34.7 Å². The predicted octanol–water partition coefficient (Wildman–Crippen LogP) is 4.49. The molecular formula is C36H45N5O4. The van der Waals surface area contributed by atoms with Crippen molar-refractivity contribution in [3.8, 4) is 11.3 Å². The molecule has 2 N–H and O–H groups in total. The Kier molecular flexibility index (Phi) is 9.37. The molecule has 3 aromatic rings. The molecule has 0 bridgehead atoms. The fraction of sp³-hybridized carbons (Fsp3) is 0.472. The molecular weight excluding hydrogens is 566 g/mol. The minimum absolute atomic E-state index is 0.0179. The Hall–Kier alpha value is -3.95. The van der Waals surface area contributed by atoms with Crippen LogP contribution < -0.4 is 5.73 Å². The van der Waals surface area contributed by atoms with E-state index in [4.69, 9.17) is 10.5 Å². The fourth-order valence-electron chi connectivity index (χ4n) is 7.19. The summed E-state index contributed by atoms with van der Waals surface area (Å²) in [7, 11) is 0. The molecule has 238 valence electrons. The molecule has 45 heavy (non-hydrogen) atoms. The van der Waals surface area contributed by atoms with E-state index in [1.807, 2.05) is 34.1 Å². The highest BCUT2D eigenvalue weighted by Crippen LogP contribution is 2.45. The molecule has 9 nitrogen and oxygen atoms in total. The van der Waals surface area contributed by atoms with Crippen LogP contribution in [-0.2, 0) is 20.9 Å². The predicted molar refractivity (Wildman–Crippen MR) is 177 cm³/mol. The van der Waals surface area contributed by atoms with Crippen molar-refractivity contribution < 1.29 is 19.1 Å². The summed E-state index contributed by atoms with van der Waals surface area (Å²) in [5, 5.41) is 1.13.